The molecule has 0 atom stereocenters. The van der Waals surface area contributed by atoms with Gasteiger partial charge in [-0.3, -0.25) is 0 Å². The predicted molar refractivity (Wildman–Crippen MR) is 90.9 cm³/mol. The van der Waals surface area contributed by atoms with E-state index in [1.54, 1.807) is 25.4 Å². The summed E-state index contributed by atoms with van der Waals surface area (Å²) in [5.74, 6) is 0.154. The van der Waals surface area contributed by atoms with Crippen LogP contribution in [0.1, 0.15) is 16.8 Å². The highest BCUT2D eigenvalue weighted by Crippen LogP contribution is 2.22. The van der Waals surface area contributed by atoms with E-state index >= 15 is 0 Å². The van der Waals surface area contributed by atoms with E-state index in [-0.39, 0.29) is 5.82 Å². The molecule has 0 aliphatic rings. The largest absolute Gasteiger partial charge is 0.368 e. The smallest absolute Gasteiger partial charge is 0.221 e. The molecule has 1 aromatic heterocycles. The van der Waals surface area contributed by atoms with Crippen LogP contribution in [0.25, 0.3) is 11.1 Å². The first-order valence-electron chi connectivity index (χ1n) is 7.25. The molecule has 2 aromatic carbocycles. The summed E-state index contributed by atoms with van der Waals surface area (Å²) >= 11 is 0. The molecule has 1 heterocycles. The van der Waals surface area contributed by atoms with Crippen LogP contribution < -0.4 is 5.73 Å². The summed E-state index contributed by atoms with van der Waals surface area (Å²) < 4.78 is 14.9. The lowest BCUT2D eigenvalue weighted by Crippen LogP contribution is -1.97. The number of rotatable bonds is 3. The molecule has 0 unspecified atom stereocenters. The molecule has 0 aliphatic carbocycles. The SMILES string of the molecule is Cc1cn(N=Cc2cccc(-c3ccc(F)c(C)c3)c2)c(N)n1. The van der Waals surface area contributed by atoms with Crippen molar-refractivity contribution in [1.82, 2.24) is 9.66 Å². The Morgan fingerprint density at radius 2 is 1.91 bits per heavy atom. The standard InChI is InChI=1S/C18H17FN4/c1-12-8-16(6-7-17(12)19)15-5-3-4-14(9-15)10-21-23-11-13(2)22-18(23)20/h3-11H,1-2H3,(H2,20,22). The molecule has 0 spiro atoms. The van der Waals surface area contributed by atoms with E-state index in [4.69, 9.17) is 5.73 Å². The van der Waals surface area contributed by atoms with Gasteiger partial charge in [0.2, 0.25) is 5.95 Å². The molecular weight excluding hydrogens is 291 g/mol. The van der Waals surface area contributed by atoms with Crippen LogP contribution in [0.3, 0.4) is 0 Å². The number of aromatic nitrogens is 2. The Morgan fingerprint density at radius 1 is 1.13 bits per heavy atom. The highest BCUT2D eigenvalue weighted by Gasteiger charge is 2.03. The lowest BCUT2D eigenvalue weighted by atomic mass is 10.0. The van der Waals surface area contributed by atoms with Crippen LogP contribution in [0, 0.1) is 19.7 Å². The molecule has 23 heavy (non-hydrogen) atoms. The highest BCUT2D eigenvalue weighted by molar-refractivity contribution is 5.82. The van der Waals surface area contributed by atoms with E-state index in [0.717, 1.165) is 22.4 Å². The van der Waals surface area contributed by atoms with Crippen molar-refractivity contribution in [1.29, 1.82) is 0 Å². The number of imidazole rings is 1. The molecule has 0 bridgehead atoms. The van der Waals surface area contributed by atoms with Gasteiger partial charge < -0.3 is 5.73 Å². The molecule has 3 rings (SSSR count). The van der Waals surface area contributed by atoms with Gasteiger partial charge in [0, 0.05) is 0 Å². The molecular formula is C18H17FN4. The summed E-state index contributed by atoms with van der Waals surface area (Å²) in [7, 11) is 0. The average molecular weight is 308 g/mol. The number of nitrogens with two attached hydrogens (primary N) is 1. The van der Waals surface area contributed by atoms with Gasteiger partial charge in [-0.15, -0.1) is 0 Å². The van der Waals surface area contributed by atoms with Crippen molar-refractivity contribution in [3.05, 3.63) is 71.3 Å². The van der Waals surface area contributed by atoms with E-state index < -0.39 is 0 Å². The predicted octanol–water partition coefficient (Wildman–Crippen LogP) is 3.77. The minimum Gasteiger partial charge on any atom is -0.368 e. The zero-order valence-electron chi connectivity index (χ0n) is 13.0. The molecule has 0 saturated carbocycles. The molecule has 0 radical (unpaired) electrons. The third-order valence-corrected chi connectivity index (χ3v) is 3.54. The Morgan fingerprint density at radius 3 is 2.61 bits per heavy atom. The summed E-state index contributed by atoms with van der Waals surface area (Å²) in [5.41, 5.74) is 10.1. The molecule has 116 valence electrons. The number of nitrogens with zero attached hydrogens (tertiary/aromatic N) is 3. The summed E-state index contributed by atoms with van der Waals surface area (Å²) in [6, 6.07) is 13.0. The maximum absolute atomic E-state index is 13.4. The zero-order chi connectivity index (χ0) is 16.4. The van der Waals surface area contributed by atoms with Gasteiger partial charge in [-0.25, -0.2) is 14.1 Å². The number of aryl methyl sites for hydroxylation is 2. The quantitative estimate of drug-likeness (QED) is 0.749. The van der Waals surface area contributed by atoms with E-state index in [0.29, 0.717) is 11.5 Å². The molecule has 5 heteroatoms. The molecule has 2 N–H and O–H groups in total. The van der Waals surface area contributed by atoms with Gasteiger partial charge in [0.1, 0.15) is 5.82 Å². The lowest BCUT2D eigenvalue weighted by Gasteiger charge is -2.05. The van der Waals surface area contributed by atoms with Gasteiger partial charge in [-0.1, -0.05) is 24.3 Å². The van der Waals surface area contributed by atoms with E-state index in [1.807, 2.05) is 37.3 Å². The summed E-state index contributed by atoms with van der Waals surface area (Å²) in [6.07, 6.45) is 3.48. The maximum atomic E-state index is 13.4. The van der Waals surface area contributed by atoms with Gasteiger partial charge in [0.25, 0.3) is 0 Å². The number of halogens is 1. The van der Waals surface area contributed by atoms with Gasteiger partial charge >= 0.3 is 0 Å². The number of benzene rings is 2. The number of hydrogen-bond donors (Lipinski definition) is 1. The van der Waals surface area contributed by atoms with Crippen LogP contribution in [0.4, 0.5) is 10.3 Å². The number of hydrogen-bond acceptors (Lipinski definition) is 3. The van der Waals surface area contributed by atoms with Crippen molar-refractivity contribution in [2.45, 2.75) is 13.8 Å². The van der Waals surface area contributed by atoms with Crippen molar-refractivity contribution >= 4 is 12.2 Å². The minimum atomic E-state index is -0.197. The van der Waals surface area contributed by atoms with Crippen molar-refractivity contribution in [3.63, 3.8) is 0 Å². The first-order valence-corrected chi connectivity index (χ1v) is 7.25. The van der Waals surface area contributed by atoms with Crippen LogP contribution in [0.15, 0.2) is 53.8 Å². The lowest BCUT2D eigenvalue weighted by molar-refractivity contribution is 0.619. The fourth-order valence-electron chi connectivity index (χ4n) is 2.35. The topological polar surface area (TPSA) is 56.2 Å². The summed E-state index contributed by atoms with van der Waals surface area (Å²) in [6.45, 7) is 3.62. The third-order valence-electron chi connectivity index (χ3n) is 3.54. The van der Waals surface area contributed by atoms with E-state index in [9.17, 15) is 4.39 Å². The second-order valence-electron chi connectivity index (χ2n) is 5.42. The molecule has 0 fully saturated rings. The van der Waals surface area contributed by atoms with Crippen molar-refractivity contribution in [2.75, 3.05) is 5.73 Å². The Labute approximate surface area is 134 Å². The van der Waals surface area contributed by atoms with Gasteiger partial charge in [0.05, 0.1) is 18.1 Å². The Balaban J connectivity index is 1.90. The van der Waals surface area contributed by atoms with Crippen LogP contribution in [0.5, 0.6) is 0 Å². The Bertz CT molecular complexity index is 880. The van der Waals surface area contributed by atoms with Crippen molar-refractivity contribution < 1.29 is 4.39 Å². The second kappa shape index (κ2) is 6.04. The second-order valence-corrected chi connectivity index (χ2v) is 5.42. The molecule has 0 aliphatic heterocycles. The first-order chi connectivity index (χ1) is 11.0. The Kier molecular flexibility index (Phi) is 3.93. The van der Waals surface area contributed by atoms with Crippen molar-refractivity contribution in [2.24, 2.45) is 5.10 Å². The van der Waals surface area contributed by atoms with Crippen LogP contribution in [-0.2, 0) is 0 Å². The average Bonchev–Trinajstić information content (AvgIpc) is 2.86. The maximum Gasteiger partial charge on any atom is 0.221 e. The number of anilines is 1. The van der Waals surface area contributed by atoms with Gasteiger partial charge in [-0.05, 0) is 54.3 Å². The third kappa shape index (κ3) is 3.29. The Hall–Kier alpha value is -2.95. The van der Waals surface area contributed by atoms with Crippen molar-refractivity contribution in [3.8, 4) is 11.1 Å². The monoisotopic (exact) mass is 308 g/mol. The van der Waals surface area contributed by atoms with Crippen LogP contribution in [-0.4, -0.2) is 15.9 Å². The minimum absolute atomic E-state index is 0.197. The molecule has 3 aromatic rings. The normalized spacial score (nSPS) is 11.3. The molecule has 4 nitrogen and oxygen atoms in total. The zero-order valence-corrected chi connectivity index (χ0v) is 13.0. The molecule has 0 saturated heterocycles. The molecule has 0 amide bonds. The van der Waals surface area contributed by atoms with Gasteiger partial charge in [-0.2, -0.15) is 5.10 Å². The number of nitrogen functional groups attached to an aromatic ring is 1. The highest BCUT2D eigenvalue weighted by atomic mass is 19.1. The first kappa shape index (κ1) is 15.0. The summed E-state index contributed by atoms with van der Waals surface area (Å²) in [5, 5.41) is 4.31. The fourth-order valence-corrected chi connectivity index (χ4v) is 2.35. The van der Waals surface area contributed by atoms with Gasteiger partial charge in [0.15, 0.2) is 0 Å². The van der Waals surface area contributed by atoms with Crippen LogP contribution in [0.2, 0.25) is 0 Å². The summed E-state index contributed by atoms with van der Waals surface area (Å²) in [4.78, 5) is 4.10. The van der Waals surface area contributed by atoms with Crippen LogP contribution >= 0.6 is 0 Å². The fraction of sp³-hybridized carbons (Fsp3) is 0.111. The van der Waals surface area contributed by atoms with E-state index in [1.165, 1.54) is 10.7 Å². The van der Waals surface area contributed by atoms with E-state index in [2.05, 4.69) is 10.1 Å².